The van der Waals surface area contributed by atoms with Crippen LogP contribution in [0.3, 0.4) is 0 Å². The number of amides is 1. The second-order valence-corrected chi connectivity index (χ2v) is 5.36. The molecule has 1 aromatic carbocycles. The molecular formula is C12H15ClINO4. The molecule has 0 bridgehead atoms. The van der Waals surface area contributed by atoms with Crippen LogP contribution in [0.4, 0.5) is 0 Å². The lowest BCUT2D eigenvalue weighted by atomic mass is 10.2. The standard InChI is InChI=1S/C12H15ClINO4/c1-18-6-7(16)5-15-12(17)8-3-9(13)10(14)4-11(8)19-2/h3-4,7,16H,5-6H2,1-2H3,(H,15,17). The summed E-state index contributed by atoms with van der Waals surface area (Å²) < 4.78 is 10.7. The van der Waals surface area contributed by atoms with Crippen LogP contribution in [0.2, 0.25) is 5.02 Å². The van der Waals surface area contributed by atoms with E-state index in [1.807, 2.05) is 0 Å². The summed E-state index contributed by atoms with van der Waals surface area (Å²) in [4.78, 5) is 12.0. The number of halogens is 2. The van der Waals surface area contributed by atoms with Crippen LogP contribution in [0, 0.1) is 3.57 Å². The van der Waals surface area contributed by atoms with Crippen LogP contribution in [0.5, 0.6) is 5.75 Å². The predicted molar refractivity (Wildman–Crippen MR) is 80.9 cm³/mol. The van der Waals surface area contributed by atoms with E-state index in [1.165, 1.54) is 14.2 Å². The number of methoxy groups -OCH3 is 2. The summed E-state index contributed by atoms with van der Waals surface area (Å²) in [6.45, 7) is 0.254. The van der Waals surface area contributed by atoms with Crippen molar-refractivity contribution >= 4 is 40.1 Å². The molecule has 0 radical (unpaired) electrons. The van der Waals surface area contributed by atoms with Crippen LogP contribution in [0.1, 0.15) is 10.4 Å². The first kappa shape index (κ1) is 16.5. The van der Waals surface area contributed by atoms with Crippen molar-refractivity contribution in [3.8, 4) is 5.75 Å². The summed E-state index contributed by atoms with van der Waals surface area (Å²) in [5.41, 5.74) is 0.331. The van der Waals surface area contributed by atoms with Gasteiger partial charge < -0.3 is 19.9 Å². The van der Waals surface area contributed by atoms with Gasteiger partial charge in [0, 0.05) is 17.2 Å². The number of nitrogens with one attached hydrogen (secondary N) is 1. The highest BCUT2D eigenvalue weighted by Gasteiger charge is 2.16. The summed E-state index contributed by atoms with van der Waals surface area (Å²) in [6.07, 6.45) is -0.751. The van der Waals surface area contributed by atoms with Crippen molar-refractivity contribution in [2.24, 2.45) is 0 Å². The zero-order chi connectivity index (χ0) is 14.4. The molecule has 2 N–H and O–H groups in total. The summed E-state index contributed by atoms with van der Waals surface area (Å²) in [5, 5.41) is 12.5. The van der Waals surface area contributed by atoms with E-state index in [0.29, 0.717) is 16.3 Å². The van der Waals surface area contributed by atoms with Gasteiger partial charge in [-0.25, -0.2) is 0 Å². The van der Waals surface area contributed by atoms with E-state index < -0.39 is 6.10 Å². The van der Waals surface area contributed by atoms with E-state index in [2.05, 4.69) is 27.9 Å². The second-order valence-electron chi connectivity index (χ2n) is 3.79. The van der Waals surface area contributed by atoms with Gasteiger partial charge >= 0.3 is 0 Å². The Morgan fingerprint density at radius 1 is 1.53 bits per heavy atom. The van der Waals surface area contributed by atoms with Gasteiger partial charge in [-0.2, -0.15) is 0 Å². The molecule has 1 aromatic rings. The van der Waals surface area contributed by atoms with Crippen molar-refractivity contribution in [2.45, 2.75) is 6.10 Å². The van der Waals surface area contributed by atoms with Crippen molar-refractivity contribution in [1.82, 2.24) is 5.32 Å². The van der Waals surface area contributed by atoms with Crippen molar-refractivity contribution in [2.75, 3.05) is 27.4 Å². The minimum atomic E-state index is -0.751. The number of rotatable bonds is 6. The number of aliphatic hydroxyl groups excluding tert-OH is 1. The third-order valence-electron chi connectivity index (χ3n) is 2.34. The van der Waals surface area contributed by atoms with Crippen molar-refractivity contribution in [3.63, 3.8) is 0 Å². The van der Waals surface area contributed by atoms with E-state index in [-0.39, 0.29) is 19.1 Å². The van der Waals surface area contributed by atoms with Gasteiger partial charge in [0.05, 0.1) is 30.4 Å². The van der Waals surface area contributed by atoms with Crippen LogP contribution >= 0.6 is 34.2 Å². The Morgan fingerprint density at radius 3 is 2.79 bits per heavy atom. The average molecular weight is 400 g/mol. The largest absolute Gasteiger partial charge is 0.496 e. The molecule has 1 atom stereocenters. The molecule has 1 rings (SSSR count). The van der Waals surface area contributed by atoms with Gasteiger partial charge in [0.2, 0.25) is 0 Å². The molecule has 0 aliphatic heterocycles. The summed E-state index contributed by atoms with van der Waals surface area (Å²) in [6, 6.07) is 3.23. The summed E-state index contributed by atoms with van der Waals surface area (Å²) in [5.74, 6) is 0.0813. The van der Waals surface area contributed by atoms with E-state index in [4.69, 9.17) is 21.1 Å². The minimum absolute atomic E-state index is 0.0967. The molecule has 5 nitrogen and oxygen atoms in total. The summed E-state index contributed by atoms with van der Waals surface area (Å²) >= 11 is 8.04. The molecule has 0 saturated carbocycles. The van der Waals surface area contributed by atoms with Gasteiger partial charge in [0.15, 0.2) is 0 Å². The van der Waals surface area contributed by atoms with Crippen LogP contribution in [-0.2, 0) is 4.74 Å². The van der Waals surface area contributed by atoms with Crippen LogP contribution < -0.4 is 10.1 Å². The third kappa shape index (κ3) is 4.79. The third-order valence-corrected chi connectivity index (χ3v) is 3.87. The molecule has 0 aromatic heterocycles. The Balaban J connectivity index is 2.79. The number of carbonyl (C=O) groups is 1. The first-order chi connectivity index (χ1) is 8.99. The lowest BCUT2D eigenvalue weighted by Crippen LogP contribution is -2.34. The lowest BCUT2D eigenvalue weighted by Gasteiger charge is -2.13. The second kappa shape index (κ2) is 7.88. The maximum Gasteiger partial charge on any atom is 0.255 e. The maximum atomic E-state index is 12.0. The molecule has 0 heterocycles. The highest BCUT2D eigenvalue weighted by Crippen LogP contribution is 2.28. The molecule has 0 aliphatic carbocycles. The fraction of sp³-hybridized carbons (Fsp3) is 0.417. The first-order valence-corrected chi connectivity index (χ1v) is 6.93. The van der Waals surface area contributed by atoms with Crippen molar-refractivity contribution in [1.29, 1.82) is 0 Å². The molecule has 106 valence electrons. The van der Waals surface area contributed by atoms with Gasteiger partial charge in [-0.3, -0.25) is 4.79 Å². The molecule has 0 saturated heterocycles. The van der Waals surface area contributed by atoms with Gasteiger partial charge in [-0.05, 0) is 34.7 Å². The Kier molecular flexibility index (Phi) is 6.84. The number of aliphatic hydroxyl groups is 1. The summed E-state index contributed by atoms with van der Waals surface area (Å²) in [7, 11) is 2.96. The zero-order valence-electron chi connectivity index (χ0n) is 10.6. The van der Waals surface area contributed by atoms with Crippen molar-refractivity contribution in [3.05, 3.63) is 26.3 Å². The monoisotopic (exact) mass is 399 g/mol. The van der Waals surface area contributed by atoms with Gasteiger partial charge in [0.25, 0.3) is 5.91 Å². The number of carbonyl (C=O) groups excluding carboxylic acids is 1. The topological polar surface area (TPSA) is 67.8 Å². The fourth-order valence-corrected chi connectivity index (χ4v) is 2.03. The highest BCUT2D eigenvalue weighted by atomic mass is 127. The molecule has 0 aliphatic rings. The van der Waals surface area contributed by atoms with Gasteiger partial charge in [-0.15, -0.1) is 0 Å². The maximum absolute atomic E-state index is 12.0. The Hall–Kier alpha value is -0.570. The molecule has 7 heteroatoms. The SMILES string of the molecule is COCC(O)CNC(=O)c1cc(Cl)c(I)cc1OC. The number of benzene rings is 1. The molecule has 1 unspecified atom stereocenters. The normalized spacial score (nSPS) is 12.1. The van der Waals surface area contributed by atoms with Gasteiger partial charge in [-0.1, -0.05) is 11.6 Å². The predicted octanol–water partition coefficient (Wildman–Crippen LogP) is 1.69. The molecule has 0 spiro atoms. The zero-order valence-corrected chi connectivity index (χ0v) is 13.5. The highest BCUT2D eigenvalue weighted by molar-refractivity contribution is 14.1. The van der Waals surface area contributed by atoms with Crippen LogP contribution in [0.15, 0.2) is 12.1 Å². The smallest absolute Gasteiger partial charge is 0.255 e. The lowest BCUT2D eigenvalue weighted by molar-refractivity contribution is 0.0609. The van der Waals surface area contributed by atoms with Crippen molar-refractivity contribution < 1.29 is 19.4 Å². The Morgan fingerprint density at radius 2 is 2.21 bits per heavy atom. The van der Waals surface area contributed by atoms with Crippen LogP contribution in [0.25, 0.3) is 0 Å². The molecule has 19 heavy (non-hydrogen) atoms. The molecule has 0 fully saturated rings. The Bertz CT molecular complexity index is 456. The van der Waals surface area contributed by atoms with E-state index >= 15 is 0 Å². The number of hydrogen-bond donors (Lipinski definition) is 2. The van der Waals surface area contributed by atoms with Crippen LogP contribution in [-0.4, -0.2) is 44.5 Å². The quantitative estimate of drug-likeness (QED) is 0.715. The molecular weight excluding hydrogens is 384 g/mol. The average Bonchev–Trinajstić information content (AvgIpc) is 2.39. The fourth-order valence-electron chi connectivity index (χ4n) is 1.43. The molecule has 1 amide bonds. The Labute approximate surface area is 130 Å². The van der Waals surface area contributed by atoms with E-state index in [0.717, 1.165) is 3.57 Å². The minimum Gasteiger partial charge on any atom is -0.496 e. The number of ether oxygens (including phenoxy) is 2. The van der Waals surface area contributed by atoms with E-state index in [1.54, 1.807) is 12.1 Å². The number of hydrogen-bond acceptors (Lipinski definition) is 4. The van der Waals surface area contributed by atoms with E-state index in [9.17, 15) is 9.90 Å². The van der Waals surface area contributed by atoms with Gasteiger partial charge in [0.1, 0.15) is 5.75 Å². The first-order valence-electron chi connectivity index (χ1n) is 5.47.